The van der Waals surface area contributed by atoms with Crippen molar-refractivity contribution in [3.63, 3.8) is 0 Å². The van der Waals surface area contributed by atoms with Gasteiger partial charge in [0, 0.05) is 12.1 Å². The lowest BCUT2D eigenvalue weighted by molar-refractivity contribution is -0.367. The van der Waals surface area contributed by atoms with Crippen LogP contribution < -0.4 is 14.6 Å². The molecule has 27 heavy (non-hydrogen) atoms. The van der Waals surface area contributed by atoms with Crippen molar-refractivity contribution in [3.8, 4) is 5.75 Å². The highest BCUT2D eigenvalue weighted by molar-refractivity contribution is 5.94. The van der Waals surface area contributed by atoms with Gasteiger partial charge in [0.15, 0.2) is 0 Å². The van der Waals surface area contributed by atoms with E-state index in [9.17, 15) is 22.4 Å². The van der Waals surface area contributed by atoms with E-state index in [0.717, 1.165) is 18.3 Å². The summed E-state index contributed by atoms with van der Waals surface area (Å²) in [7, 11) is 1.41. The number of hydrogen-bond donors (Lipinski definition) is 0. The number of halogens is 4. The van der Waals surface area contributed by atoms with Gasteiger partial charge in [-0.3, -0.25) is 9.69 Å². The van der Waals surface area contributed by atoms with Crippen LogP contribution in [0.1, 0.15) is 15.9 Å². The zero-order valence-electron chi connectivity index (χ0n) is 14.5. The molecular formula is C18H18F4N3O2+. The summed E-state index contributed by atoms with van der Waals surface area (Å²) < 4.78 is 56.9. The van der Waals surface area contributed by atoms with Crippen LogP contribution in [0.15, 0.2) is 36.5 Å². The van der Waals surface area contributed by atoms with Crippen molar-refractivity contribution < 1.29 is 32.1 Å². The van der Waals surface area contributed by atoms with Crippen LogP contribution in [0.4, 0.5) is 23.4 Å². The van der Waals surface area contributed by atoms with Crippen molar-refractivity contribution in [1.29, 1.82) is 0 Å². The zero-order chi connectivity index (χ0) is 19.6. The molecule has 5 nitrogen and oxygen atoms in total. The quantitative estimate of drug-likeness (QED) is 0.765. The number of carbonyl (C=O) groups is 1. The lowest BCUT2D eigenvalue weighted by atomic mass is 10.1. The average molecular weight is 384 g/mol. The number of hydrogen-bond acceptors (Lipinski definition) is 3. The molecule has 1 saturated heterocycles. The SMILES string of the molecule is COc1ccc(C(=O)N2CCN(c3ccc(C(F)(F)F)c[nH+]3)CC2)c(F)c1. The Bertz CT molecular complexity index is 816. The molecule has 0 bridgehead atoms. The number of pyridine rings is 1. The molecule has 1 amide bonds. The van der Waals surface area contributed by atoms with Gasteiger partial charge in [0.1, 0.15) is 30.9 Å². The molecule has 2 heterocycles. The van der Waals surface area contributed by atoms with E-state index in [1.165, 1.54) is 30.2 Å². The Morgan fingerprint density at radius 2 is 1.81 bits per heavy atom. The van der Waals surface area contributed by atoms with Crippen LogP contribution >= 0.6 is 0 Å². The van der Waals surface area contributed by atoms with Crippen LogP contribution in [-0.2, 0) is 6.18 Å². The number of methoxy groups -OCH3 is 1. The maximum absolute atomic E-state index is 14.1. The van der Waals surface area contributed by atoms with E-state index < -0.39 is 23.5 Å². The summed E-state index contributed by atoms with van der Waals surface area (Å²) >= 11 is 0. The van der Waals surface area contributed by atoms with E-state index in [2.05, 4.69) is 4.98 Å². The third-order valence-electron chi connectivity index (χ3n) is 4.44. The average Bonchev–Trinajstić information content (AvgIpc) is 2.67. The first-order valence-corrected chi connectivity index (χ1v) is 8.26. The predicted molar refractivity (Wildman–Crippen MR) is 89.1 cm³/mol. The van der Waals surface area contributed by atoms with Crippen molar-refractivity contribution in [3.05, 3.63) is 53.5 Å². The molecule has 0 unspecified atom stereocenters. The highest BCUT2D eigenvalue weighted by Crippen LogP contribution is 2.28. The molecule has 2 aromatic rings. The summed E-state index contributed by atoms with van der Waals surface area (Å²) in [5.74, 6) is -0.221. The molecule has 1 fully saturated rings. The number of ether oxygens (including phenoxy) is 1. The lowest BCUT2D eigenvalue weighted by Gasteiger charge is -2.31. The van der Waals surface area contributed by atoms with Gasteiger partial charge < -0.3 is 9.64 Å². The van der Waals surface area contributed by atoms with Crippen molar-refractivity contribution in [2.75, 3.05) is 38.2 Å². The smallest absolute Gasteiger partial charge is 0.419 e. The monoisotopic (exact) mass is 384 g/mol. The molecule has 0 aliphatic carbocycles. The van der Waals surface area contributed by atoms with Gasteiger partial charge in [-0.1, -0.05) is 0 Å². The Kier molecular flexibility index (Phi) is 5.20. The highest BCUT2D eigenvalue weighted by Gasteiger charge is 2.33. The summed E-state index contributed by atoms with van der Waals surface area (Å²) in [5, 5.41) is 0. The number of piperazine rings is 1. The van der Waals surface area contributed by atoms with Crippen LogP contribution in [0.2, 0.25) is 0 Å². The summed E-state index contributed by atoms with van der Waals surface area (Å²) in [5.41, 5.74) is -0.791. The number of benzene rings is 1. The molecule has 1 aromatic carbocycles. The first-order chi connectivity index (χ1) is 12.8. The normalized spacial score (nSPS) is 15.0. The van der Waals surface area contributed by atoms with Gasteiger partial charge in [-0.15, -0.1) is 0 Å². The second kappa shape index (κ2) is 7.42. The van der Waals surface area contributed by atoms with Gasteiger partial charge in [0.2, 0.25) is 0 Å². The molecule has 1 aromatic heterocycles. The van der Waals surface area contributed by atoms with Crippen LogP contribution in [0, 0.1) is 5.82 Å². The van der Waals surface area contributed by atoms with Crippen molar-refractivity contribution in [2.24, 2.45) is 0 Å². The molecule has 0 radical (unpaired) electrons. The van der Waals surface area contributed by atoms with E-state index in [0.29, 0.717) is 37.7 Å². The number of rotatable bonds is 3. The van der Waals surface area contributed by atoms with Crippen LogP contribution in [0.3, 0.4) is 0 Å². The third-order valence-corrected chi connectivity index (χ3v) is 4.44. The molecule has 0 saturated carbocycles. The van der Waals surface area contributed by atoms with Gasteiger partial charge in [0.25, 0.3) is 11.7 Å². The fraction of sp³-hybridized carbons (Fsp3) is 0.333. The topological polar surface area (TPSA) is 46.9 Å². The largest absolute Gasteiger partial charge is 0.497 e. The molecule has 1 aliphatic heterocycles. The Balaban J connectivity index is 1.64. The molecular weight excluding hydrogens is 366 g/mol. The second-order valence-corrected chi connectivity index (χ2v) is 6.09. The van der Waals surface area contributed by atoms with Gasteiger partial charge in [0.05, 0.1) is 31.3 Å². The summed E-state index contributed by atoms with van der Waals surface area (Å²) in [6, 6.07) is 6.43. The van der Waals surface area contributed by atoms with E-state index in [4.69, 9.17) is 4.74 Å². The number of H-pyrrole nitrogens is 1. The Labute approximate surface area is 153 Å². The highest BCUT2D eigenvalue weighted by atomic mass is 19.4. The summed E-state index contributed by atoms with van der Waals surface area (Å²) in [4.78, 5) is 18.5. The molecule has 0 spiro atoms. The van der Waals surface area contributed by atoms with E-state index in [1.54, 1.807) is 0 Å². The number of carbonyl (C=O) groups excluding carboxylic acids is 1. The second-order valence-electron chi connectivity index (χ2n) is 6.09. The van der Waals surface area contributed by atoms with Crippen molar-refractivity contribution in [2.45, 2.75) is 6.18 Å². The molecule has 1 aliphatic rings. The fourth-order valence-corrected chi connectivity index (χ4v) is 2.91. The van der Waals surface area contributed by atoms with Crippen molar-refractivity contribution in [1.82, 2.24) is 4.90 Å². The molecule has 9 heteroatoms. The molecule has 1 N–H and O–H groups in total. The maximum Gasteiger partial charge on any atom is 0.419 e. The Morgan fingerprint density at radius 1 is 1.11 bits per heavy atom. The van der Waals surface area contributed by atoms with Crippen LogP contribution in [0.25, 0.3) is 0 Å². The van der Waals surface area contributed by atoms with Crippen molar-refractivity contribution >= 4 is 11.7 Å². The summed E-state index contributed by atoms with van der Waals surface area (Å²) in [6.45, 7) is 1.51. The summed E-state index contributed by atoms with van der Waals surface area (Å²) in [6.07, 6.45) is -3.48. The third kappa shape index (κ3) is 4.12. The predicted octanol–water partition coefficient (Wildman–Crippen LogP) is 2.63. The minimum Gasteiger partial charge on any atom is -0.497 e. The van der Waals surface area contributed by atoms with Gasteiger partial charge in [-0.25, -0.2) is 9.37 Å². The Morgan fingerprint density at radius 3 is 2.33 bits per heavy atom. The molecule has 0 atom stereocenters. The van der Waals surface area contributed by atoms with E-state index >= 15 is 0 Å². The first-order valence-electron chi connectivity index (χ1n) is 8.26. The Hall–Kier alpha value is -2.84. The number of nitrogens with one attached hydrogen (secondary N) is 1. The number of nitrogens with zero attached hydrogens (tertiary/aromatic N) is 2. The number of amides is 1. The molecule has 3 rings (SSSR count). The number of anilines is 1. The first kappa shape index (κ1) is 18.9. The van der Waals surface area contributed by atoms with Crippen LogP contribution in [-0.4, -0.2) is 44.1 Å². The van der Waals surface area contributed by atoms with E-state index in [-0.39, 0.29) is 5.56 Å². The standard InChI is InChI=1S/C18H17F4N3O2/c1-27-13-3-4-14(15(19)10-13)17(26)25-8-6-24(7-9-25)16-5-2-12(11-23-16)18(20,21)22/h2-5,10-11H,6-9H2,1H3/p+1. The number of aromatic amines is 1. The maximum atomic E-state index is 14.1. The van der Waals surface area contributed by atoms with Gasteiger partial charge >= 0.3 is 6.18 Å². The number of aromatic nitrogens is 1. The van der Waals surface area contributed by atoms with E-state index in [1.807, 2.05) is 4.90 Å². The number of alkyl halides is 3. The molecule has 144 valence electrons. The minimum absolute atomic E-state index is 0.0367. The zero-order valence-corrected chi connectivity index (χ0v) is 14.5. The van der Waals surface area contributed by atoms with Gasteiger partial charge in [-0.05, 0) is 18.2 Å². The van der Waals surface area contributed by atoms with Crippen LogP contribution in [0.5, 0.6) is 5.75 Å². The minimum atomic E-state index is -4.40. The van der Waals surface area contributed by atoms with Gasteiger partial charge in [-0.2, -0.15) is 13.2 Å². The fourth-order valence-electron chi connectivity index (χ4n) is 2.91. The lowest BCUT2D eigenvalue weighted by Crippen LogP contribution is -2.50.